The lowest BCUT2D eigenvalue weighted by Crippen LogP contribution is -2.52. The van der Waals surface area contributed by atoms with Gasteiger partial charge in [-0.05, 0) is 39.7 Å². The molecule has 0 amide bonds. The van der Waals surface area contributed by atoms with Gasteiger partial charge in [0.1, 0.15) is 0 Å². The van der Waals surface area contributed by atoms with Crippen molar-refractivity contribution in [1.82, 2.24) is 9.03 Å². The number of piperidine rings is 1. The summed E-state index contributed by atoms with van der Waals surface area (Å²) in [5.41, 5.74) is 5.00. The van der Waals surface area contributed by atoms with Gasteiger partial charge in [-0.3, -0.25) is 0 Å². The zero-order valence-corrected chi connectivity index (χ0v) is 11.0. The molecule has 5 nitrogen and oxygen atoms in total. The molecule has 0 saturated carbocycles. The van der Waals surface area contributed by atoms with Gasteiger partial charge in [0, 0.05) is 18.6 Å². The first-order chi connectivity index (χ1) is 7.37. The maximum absolute atomic E-state index is 12.1. The second-order valence-electron chi connectivity index (χ2n) is 4.99. The van der Waals surface area contributed by atoms with E-state index in [1.54, 1.807) is 0 Å². The first-order valence-electron chi connectivity index (χ1n) is 5.86. The lowest BCUT2D eigenvalue weighted by Gasteiger charge is -2.32. The third-order valence-electron chi connectivity index (χ3n) is 2.83. The number of nitrogens with one attached hydrogen (secondary N) is 1. The molecule has 0 bridgehead atoms. The Kier molecular flexibility index (Phi) is 4.73. The van der Waals surface area contributed by atoms with Crippen LogP contribution in [0, 0.1) is 0 Å². The van der Waals surface area contributed by atoms with E-state index in [4.69, 9.17) is 5.73 Å². The van der Waals surface area contributed by atoms with E-state index in [-0.39, 0.29) is 0 Å². The molecule has 0 aromatic carbocycles. The van der Waals surface area contributed by atoms with Crippen LogP contribution in [0.25, 0.3) is 0 Å². The minimum Gasteiger partial charge on any atom is -0.330 e. The van der Waals surface area contributed by atoms with Gasteiger partial charge >= 0.3 is 0 Å². The van der Waals surface area contributed by atoms with Crippen molar-refractivity contribution in [3.8, 4) is 0 Å². The second kappa shape index (κ2) is 5.44. The Morgan fingerprint density at radius 2 is 1.81 bits per heavy atom. The van der Waals surface area contributed by atoms with Crippen molar-refractivity contribution >= 4 is 10.2 Å². The molecule has 0 radical (unpaired) electrons. The van der Waals surface area contributed by atoms with Crippen LogP contribution in [0.5, 0.6) is 0 Å². The van der Waals surface area contributed by atoms with Crippen molar-refractivity contribution in [2.45, 2.75) is 45.1 Å². The van der Waals surface area contributed by atoms with Crippen LogP contribution in [0.15, 0.2) is 0 Å². The second-order valence-corrected chi connectivity index (χ2v) is 6.66. The highest BCUT2D eigenvalue weighted by Crippen LogP contribution is 2.15. The summed E-state index contributed by atoms with van der Waals surface area (Å²) >= 11 is 0. The maximum Gasteiger partial charge on any atom is 0.279 e. The fourth-order valence-electron chi connectivity index (χ4n) is 1.93. The minimum absolute atomic E-state index is 0.467. The van der Waals surface area contributed by atoms with E-state index in [0.717, 1.165) is 19.3 Å². The average Bonchev–Trinajstić information content (AvgIpc) is 2.17. The molecule has 1 aliphatic rings. The van der Waals surface area contributed by atoms with E-state index >= 15 is 0 Å². The fourth-order valence-corrected chi connectivity index (χ4v) is 3.60. The first kappa shape index (κ1) is 13.9. The van der Waals surface area contributed by atoms with Crippen LogP contribution in [0.1, 0.15) is 39.5 Å². The molecule has 6 heteroatoms. The largest absolute Gasteiger partial charge is 0.330 e. The van der Waals surface area contributed by atoms with Crippen LogP contribution >= 0.6 is 0 Å². The third-order valence-corrected chi connectivity index (χ3v) is 4.69. The normalized spacial score (nSPS) is 19.9. The maximum atomic E-state index is 12.1. The van der Waals surface area contributed by atoms with Crippen molar-refractivity contribution < 1.29 is 8.42 Å². The average molecular weight is 249 g/mol. The van der Waals surface area contributed by atoms with Crippen LogP contribution in [-0.4, -0.2) is 37.9 Å². The predicted octanol–water partition coefficient (Wildman–Crippen LogP) is 0.434. The van der Waals surface area contributed by atoms with Gasteiger partial charge in [-0.25, -0.2) is 0 Å². The van der Waals surface area contributed by atoms with E-state index in [2.05, 4.69) is 4.72 Å². The molecule has 0 spiro atoms. The monoisotopic (exact) mass is 249 g/mol. The Bertz CT molecular complexity index is 308. The van der Waals surface area contributed by atoms with E-state index in [1.807, 2.05) is 13.8 Å². The molecule has 0 atom stereocenters. The minimum atomic E-state index is -3.34. The first-order valence-corrected chi connectivity index (χ1v) is 7.30. The van der Waals surface area contributed by atoms with Crippen LogP contribution in [-0.2, 0) is 10.2 Å². The van der Waals surface area contributed by atoms with Crippen molar-refractivity contribution in [2.24, 2.45) is 5.73 Å². The van der Waals surface area contributed by atoms with Crippen molar-refractivity contribution in [3.63, 3.8) is 0 Å². The van der Waals surface area contributed by atoms with E-state index in [9.17, 15) is 8.42 Å². The molecule has 16 heavy (non-hydrogen) atoms. The van der Waals surface area contributed by atoms with Crippen molar-refractivity contribution in [1.29, 1.82) is 0 Å². The topological polar surface area (TPSA) is 75.4 Å². The molecule has 3 N–H and O–H groups in total. The SMILES string of the molecule is CC(C)(CCN)NS(=O)(=O)N1CCCCC1. The van der Waals surface area contributed by atoms with Gasteiger partial charge in [0.2, 0.25) is 0 Å². The number of nitrogens with zero attached hydrogens (tertiary/aromatic N) is 1. The zero-order valence-electron chi connectivity index (χ0n) is 10.2. The summed E-state index contributed by atoms with van der Waals surface area (Å²) in [6, 6.07) is 0. The van der Waals surface area contributed by atoms with Gasteiger partial charge in [0.25, 0.3) is 10.2 Å². The molecule has 0 aromatic heterocycles. The highest BCUT2D eigenvalue weighted by atomic mass is 32.2. The Labute approximate surface area is 98.6 Å². The molecule has 0 aliphatic carbocycles. The molecule has 1 fully saturated rings. The van der Waals surface area contributed by atoms with Crippen LogP contribution in [0.2, 0.25) is 0 Å². The van der Waals surface area contributed by atoms with Crippen LogP contribution in [0.3, 0.4) is 0 Å². The van der Waals surface area contributed by atoms with Gasteiger partial charge in [0.15, 0.2) is 0 Å². The molecular formula is C10H23N3O2S. The molecule has 1 heterocycles. The smallest absolute Gasteiger partial charge is 0.279 e. The summed E-state index contributed by atoms with van der Waals surface area (Å²) in [5, 5.41) is 0. The summed E-state index contributed by atoms with van der Waals surface area (Å²) in [6.07, 6.45) is 3.68. The highest BCUT2D eigenvalue weighted by molar-refractivity contribution is 7.87. The molecule has 1 aliphatic heterocycles. The van der Waals surface area contributed by atoms with Gasteiger partial charge in [0.05, 0.1) is 0 Å². The molecule has 1 rings (SSSR count). The predicted molar refractivity (Wildman–Crippen MR) is 65.2 cm³/mol. The lowest BCUT2D eigenvalue weighted by atomic mass is 10.0. The standard InChI is InChI=1S/C10H23N3O2S/c1-10(2,6-7-11)12-16(14,15)13-8-4-3-5-9-13/h12H,3-9,11H2,1-2H3. The Hall–Kier alpha value is -0.170. The zero-order chi connectivity index (χ0) is 12.2. The Balaban J connectivity index is 2.63. The number of hydrogen-bond acceptors (Lipinski definition) is 3. The van der Waals surface area contributed by atoms with Gasteiger partial charge in [-0.15, -0.1) is 0 Å². The molecule has 96 valence electrons. The van der Waals surface area contributed by atoms with E-state index < -0.39 is 15.7 Å². The van der Waals surface area contributed by atoms with E-state index in [1.165, 1.54) is 4.31 Å². The number of rotatable bonds is 5. The van der Waals surface area contributed by atoms with Crippen molar-refractivity contribution in [3.05, 3.63) is 0 Å². The van der Waals surface area contributed by atoms with Gasteiger partial charge in [-0.2, -0.15) is 17.4 Å². The highest BCUT2D eigenvalue weighted by Gasteiger charge is 2.29. The fraction of sp³-hybridized carbons (Fsp3) is 1.00. The number of hydrogen-bond donors (Lipinski definition) is 2. The summed E-state index contributed by atoms with van der Waals surface area (Å²) in [7, 11) is -3.34. The number of nitrogens with two attached hydrogens (primary N) is 1. The molecule has 0 aromatic rings. The molecule has 0 unspecified atom stereocenters. The summed E-state index contributed by atoms with van der Waals surface area (Å²) in [4.78, 5) is 0. The van der Waals surface area contributed by atoms with Gasteiger partial charge in [-0.1, -0.05) is 6.42 Å². The summed E-state index contributed by atoms with van der Waals surface area (Å²) < 4.78 is 28.4. The molecule has 1 saturated heterocycles. The Morgan fingerprint density at radius 3 is 2.31 bits per heavy atom. The van der Waals surface area contributed by atoms with E-state index in [0.29, 0.717) is 26.1 Å². The summed E-state index contributed by atoms with van der Waals surface area (Å²) in [6.45, 7) is 5.47. The quantitative estimate of drug-likeness (QED) is 0.742. The molecular weight excluding hydrogens is 226 g/mol. The van der Waals surface area contributed by atoms with Crippen molar-refractivity contribution in [2.75, 3.05) is 19.6 Å². The lowest BCUT2D eigenvalue weighted by molar-refractivity contribution is 0.326. The van der Waals surface area contributed by atoms with Crippen LogP contribution in [0.4, 0.5) is 0 Å². The van der Waals surface area contributed by atoms with Crippen LogP contribution < -0.4 is 10.5 Å². The van der Waals surface area contributed by atoms with Gasteiger partial charge < -0.3 is 5.73 Å². The Morgan fingerprint density at radius 1 is 1.25 bits per heavy atom. The third kappa shape index (κ3) is 4.01. The summed E-state index contributed by atoms with van der Waals surface area (Å²) in [5.74, 6) is 0.